The van der Waals surface area contributed by atoms with Gasteiger partial charge in [0.25, 0.3) is 0 Å². The molecular weight excluding hydrogens is 486 g/mol. The summed E-state index contributed by atoms with van der Waals surface area (Å²) in [6.07, 6.45) is 1.82. The van der Waals surface area contributed by atoms with Crippen molar-refractivity contribution < 1.29 is 19.4 Å². The van der Waals surface area contributed by atoms with Crippen molar-refractivity contribution in [1.82, 2.24) is 5.32 Å². The molecule has 0 aromatic heterocycles. The first-order valence-corrected chi connectivity index (χ1v) is 12.9. The molecule has 37 heavy (non-hydrogen) atoms. The molecule has 1 atom stereocenters. The fourth-order valence-electron chi connectivity index (χ4n) is 4.90. The Morgan fingerprint density at radius 1 is 1.19 bits per heavy atom. The lowest BCUT2D eigenvalue weighted by Crippen LogP contribution is -2.31. The summed E-state index contributed by atoms with van der Waals surface area (Å²) in [5, 5.41) is 29.1. The van der Waals surface area contributed by atoms with Crippen molar-refractivity contribution in [3.05, 3.63) is 88.1 Å². The quantitative estimate of drug-likeness (QED) is 0.409. The van der Waals surface area contributed by atoms with Crippen LogP contribution in [0.1, 0.15) is 30.7 Å². The van der Waals surface area contributed by atoms with Gasteiger partial charge in [-0.05, 0) is 42.0 Å². The largest absolute Gasteiger partial charge is 0.504 e. The van der Waals surface area contributed by atoms with Crippen molar-refractivity contribution in [3.8, 4) is 17.6 Å². The van der Waals surface area contributed by atoms with Crippen molar-refractivity contribution in [2.45, 2.75) is 25.2 Å². The number of nitrogens with one attached hydrogen (secondary N) is 2. The number of phenols is 1. The Morgan fingerprint density at radius 2 is 2.00 bits per heavy atom. The Balaban J connectivity index is 1.44. The Labute approximate surface area is 218 Å². The lowest BCUT2D eigenvalue weighted by molar-refractivity contribution is -0.116. The number of phenolic OH excluding ortho intramolecular Hbond substituents is 1. The average Bonchev–Trinajstić information content (AvgIpc) is 2.92. The van der Waals surface area contributed by atoms with Gasteiger partial charge in [-0.25, -0.2) is 0 Å². The summed E-state index contributed by atoms with van der Waals surface area (Å²) in [6.45, 7) is 0. The Morgan fingerprint density at radius 3 is 2.81 bits per heavy atom. The number of benzene rings is 3. The lowest BCUT2D eigenvalue weighted by atomic mass is 9.77. The van der Waals surface area contributed by atoms with E-state index in [2.05, 4.69) is 16.7 Å². The average molecular weight is 512 g/mol. The molecule has 3 aromatic rings. The van der Waals surface area contributed by atoms with Gasteiger partial charge in [-0.3, -0.25) is 9.59 Å². The van der Waals surface area contributed by atoms with Gasteiger partial charge < -0.3 is 20.5 Å². The molecule has 2 aliphatic rings. The van der Waals surface area contributed by atoms with E-state index in [1.54, 1.807) is 12.1 Å². The Kier molecular flexibility index (Phi) is 6.89. The number of aromatic hydroxyl groups is 1. The van der Waals surface area contributed by atoms with Crippen molar-refractivity contribution in [2.75, 3.05) is 18.2 Å². The molecule has 1 aliphatic heterocycles. The molecule has 8 heteroatoms. The minimum Gasteiger partial charge on any atom is -0.504 e. The maximum absolute atomic E-state index is 13.0. The van der Waals surface area contributed by atoms with Crippen LogP contribution in [0.25, 0.3) is 10.8 Å². The number of rotatable bonds is 6. The van der Waals surface area contributed by atoms with Crippen LogP contribution in [0.3, 0.4) is 0 Å². The van der Waals surface area contributed by atoms with Gasteiger partial charge in [0.05, 0.1) is 35.5 Å². The summed E-state index contributed by atoms with van der Waals surface area (Å²) in [4.78, 5) is 25.9. The molecule has 0 unspecified atom stereocenters. The Bertz CT molecular complexity index is 1510. The molecule has 1 amide bonds. The van der Waals surface area contributed by atoms with Crippen LogP contribution in [0.15, 0.2) is 82.5 Å². The molecule has 3 N–H and O–H groups in total. The number of methoxy groups -OCH3 is 1. The third-order valence-electron chi connectivity index (χ3n) is 6.61. The van der Waals surface area contributed by atoms with E-state index < -0.39 is 5.92 Å². The van der Waals surface area contributed by atoms with E-state index in [9.17, 15) is 20.0 Å². The van der Waals surface area contributed by atoms with Crippen LogP contribution >= 0.6 is 11.8 Å². The van der Waals surface area contributed by atoms with E-state index in [1.165, 1.54) is 24.9 Å². The standard InChI is InChI=1S/C29H25N3O4S/c1-36-25-14-18(12-13-23(25)33)27-20(15-30)29(32-22-10-5-11-24(34)28(22)27)37-16-26(35)31-21-9-4-7-17-6-2-3-8-19(17)21/h2-4,6-9,12-14,27,32-33H,5,10-11,16H2,1H3,(H,31,35)/t27-/m0/s1. The molecule has 1 aliphatic carbocycles. The normalized spacial score (nSPS) is 17.2. The van der Waals surface area contributed by atoms with E-state index in [-0.39, 0.29) is 28.9 Å². The number of ketones is 1. The zero-order chi connectivity index (χ0) is 25.9. The summed E-state index contributed by atoms with van der Waals surface area (Å²) in [5.41, 5.74) is 3.12. The molecular formula is C29H25N3O4S. The summed E-state index contributed by atoms with van der Waals surface area (Å²) in [7, 11) is 1.45. The summed E-state index contributed by atoms with van der Waals surface area (Å²) in [6, 6.07) is 20.7. The third kappa shape index (κ3) is 4.78. The van der Waals surface area contributed by atoms with Crippen LogP contribution in [0.4, 0.5) is 5.69 Å². The SMILES string of the molecule is COc1cc([C@H]2C(C#N)=C(SCC(=O)Nc3cccc4ccccc34)NC3=C2C(=O)CCC3)ccc1O. The number of ether oxygens (including phenoxy) is 1. The van der Waals surface area contributed by atoms with Gasteiger partial charge in [-0.2, -0.15) is 5.26 Å². The van der Waals surface area contributed by atoms with E-state index >= 15 is 0 Å². The van der Waals surface area contributed by atoms with Gasteiger partial charge >= 0.3 is 0 Å². The summed E-state index contributed by atoms with van der Waals surface area (Å²) < 4.78 is 5.28. The second-order valence-corrected chi connectivity index (χ2v) is 9.86. The summed E-state index contributed by atoms with van der Waals surface area (Å²) >= 11 is 1.24. The molecule has 0 saturated heterocycles. The van der Waals surface area contributed by atoms with Crippen LogP contribution in [-0.4, -0.2) is 29.7 Å². The number of amides is 1. The second kappa shape index (κ2) is 10.4. The monoisotopic (exact) mass is 511 g/mol. The lowest BCUT2D eigenvalue weighted by Gasteiger charge is -2.33. The molecule has 5 rings (SSSR count). The third-order valence-corrected chi connectivity index (χ3v) is 7.63. The van der Waals surface area contributed by atoms with Gasteiger partial charge in [0, 0.05) is 28.8 Å². The number of allylic oxidation sites excluding steroid dienone is 3. The number of carbonyl (C=O) groups is 2. The van der Waals surface area contributed by atoms with Gasteiger partial charge in [-0.1, -0.05) is 54.2 Å². The molecule has 0 radical (unpaired) electrons. The Hall–Kier alpha value is -4.22. The highest BCUT2D eigenvalue weighted by Crippen LogP contribution is 2.45. The molecule has 0 bridgehead atoms. The van der Waals surface area contributed by atoms with Gasteiger partial charge in [0.1, 0.15) is 0 Å². The summed E-state index contributed by atoms with van der Waals surface area (Å²) in [5.74, 6) is -0.480. The van der Waals surface area contributed by atoms with Crippen LogP contribution in [0.2, 0.25) is 0 Å². The highest BCUT2D eigenvalue weighted by atomic mass is 32.2. The number of anilines is 1. The van der Waals surface area contributed by atoms with Crippen molar-refractivity contribution in [2.24, 2.45) is 0 Å². The number of hydrogen-bond acceptors (Lipinski definition) is 7. The van der Waals surface area contributed by atoms with Gasteiger partial charge in [0.15, 0.2) is 17.3 Å². The van der Waals surface area contributed by atoms with Crippen LogP contribution in [0.5, 0.6) is 11.5 Å². The highest BCUT2D eigenvalue weighted by molar-refractivity contribution is 8.03. The van der Waals surface area contributed by atoms with Crippen molar-refractivity contribution in [1.29, 1.82) is 5.26 Å². The van der Waals surface area contributed by atoms with Crippen LogP contribution in [-0.2, 0) is 9.59 Å². The zero-order valence-electron chi connectivity index (χ0n) is 20.2. The first-order chi connectivity index (χ1) is 18.0. The van der Waals surface area contributed by atoms with Crippen LogP contribution in [0, 0.1) is 11.3 Å². The molecule has 3 aromatic carbocycles. The topological polar surface area (TPSA) is 111 Å². The van der Waals surface area contributed by atoms with E-state index in [0.29, 0.717) is 34.6 Å². The van der Waals surface area contributed by atoms with Gasteiger partial charge in [-0.15, -0.1) is 0 Å². The molecule has 0 fully saturated rings. The van der Waals surface area contributed by atoms with Crippen molar-refractivity contribution >= 4 is 39.9 Å². The number of dihydropyridines is 1. The maximum atomic E-state index is 13.0. The molecule has 0 saturated carbocycles. The molecule has 186 valence electrons. The maximum Gasteiger partial charge on any atom is 0.234 e. The zero-order valence-corrected chi connectivity index (χ0v) is 21.0. The minimum absolute atomic E-state index is 0.00343. The van der Waals surface area contributed by atoms with Gasteiger partial charge in [0.2, 0.25) is 5.91 Å². The first-order valence-electron chi connectivity index (χ1n) is 11.9. The second-order valence-electron chi connectivity index (χ2n) is 8.88. The molecule has 0 spiro atoms. The van der Waals surface area contributed by atoms with E-state index in [1.807, 2.05) is 42.5 Å². The number of thioether (sulfide) groups is 1. The fraction of sp³-hybridized carbons (Fsp3) is 0.207. The number of Topliss-reactive ketones (excluding diaryl/α,β-unsaturated/α-hetero) is 1. The van der Waals surface area contributed by atoms with Crippen LogP contribution < -0.4 is 15.4 Å². The van der Waals surface area contributed by atoms with Crippen molar-refractivity contribution in [3.63, 3.8) is 0 Å². The minimum atomic E-state index is -0.604. The van der Waals surface area contributed by atoms with E-state index in [0.717, 1.165) is 28.6 Å². The number of hydrogen-bond donors (Lipinski definition) is 3. The number of nitrogens with zero attached hydrogens (tertiary/aromatic N) is 1. The number of nitriles is 1. The number of fused-ring (bicyclic) bond motifs is 1. The first kappa shape index (κ1) is 24.5. The van der Waals surface area contributed by atoms with E-state index in [4.69, 9.17) is 4.74 Å². The number of carbonyl (C=O) groups excluding carboxylic acids is 2. The molecule has 7 nitrogen and oxygen atoms in total. The highest BCUT2D eigenvalue weighted by Gasteiger charge is 2.37. The fourth-order valence-corrected chi connectivity index (χ4v) is 5.76. The predicted octanol–water partition coefficient (Wildman–Crippen LogP) is 5.35. The predicted molar refractivity (Wildman–Crippen MR) is 144 cm³/mol. The smallest absolute Gasteiger partial charge is 0.234 e. The molecule has 1 heterocycles.